The molecule has 2 N–H and O–H groups in total. The van der Waals surface area contributed by atoms with Crippen LogP contribution in [0.15, 0.2) is 59.5 Å². The Balaban J connectivity index is 1.35. The highest BCUT2D eigenvalue weighted by Gasteiger charge is 2.38. The summed E-state index contributed by atoms with van der Waals surface area (Å²) in [4.78, 5) is 28.4. The quantitative estimate of drug-likeness (QED) is 0.562. The van der Waals surface area contributed by atoms with Gasteiger partial charge in [-0.2, -0.15) is 0 Å². The lowest BCUT2D eigenvalue weighted by molar-refractivity contribution is -0.115. The van der Waals surface area contributed by atoms with Gasteiger partial charge in [-0.25, -0.2) is 0 Å². The number of pyridine rings is 1. The van der Waals surface area contributed by atoms with Crippen LogP contribution in [0.25, 0.3) is 17.0 Å². The molecule has 3 heterocycles. The van der Waals surface area contributed by atoms with Crippen molar-refractivity contribution in [1.82, 2.24) is 15.6 Å². The van der Waals surface area contributed by atoms with Gasteiger partial charge >= 0.3 is 0 Å². The molecule has 0 radical (unpaired) electrons. The van der Waals surface area contributed by atoms with E-state index in [1.165, 1.54) is 10.9 Å². The maximum atomic E-state index is 11.7. The monoisotopic (exact) mass is 445 g/mol. The molecule has 2 amide bonds. The Morgan fingerprint density at radius 1 is 1.16 bits per heavy atom. The third-order valence-electron chi connectivity index (χ3n) is 5.96. The summed E-state index contributed by atoms with van der Waals surface area (Å²) in [6.45, 7) is 3.54. The maximum absolute atomic E-state index is 11.7. The van der Waals surface area contributed by atoms with E-state index in [9.17, 15) is 9.59 Å². The number of para-hydroxylation sites is 1. The van der Waals surface area contributed by atoms with E-state index >= 15 is 0 Å². The summed E-state index contributed by atoms with van der Waals surface area (Å²) < 4.78 is 6.20. The van der Waals surface area contributed by atoms with Crippen LogP contribution in [0.1, 0.15) is 29.7 Å². The zero-order chi connectivity index (χ0) is 22.1. The number of aryl methyl sites for hydroxylation is 1. The van der Waals surface area contributed by atoms with Gasteiger partial charge in [-0.15, -0.1) is 0 Å². The van der Waals surface area contributed by atoms with Gasteiger partial charge in [0.05, 0.1) is 21.7 Å². The topological polar surface area (TPSA) is 80.3 Å². The van der Waals surface area contributed by atoms with Gasteiger partial charge in [0.1, 0.15) is 12.4 Å². The molecule has 2 aromatic carbocycles. The van der Waals surface area contributed by atoms with Crippen molar-refractivity contribution in [3.05, 3.63) is 76.3 Å². The molecule has 5 rings (SSSR count). The number of imide groups is 1. The minimum Gasteiger partial charge on any atom is -0.491 e. The summed E-state index contributed by atoms with van der Waals surface area (Å²) in [7, 11) is 0. The van der Waals surface area contributed by atoms with Gasteiger partial charge in [0.25, 0.3) is 11.1 Å². The van der Waals surface area contributed by atoms with Gasteiger partial charge in [0.15, 0.2) is 0 Å². The second-order valence-corrected chi connectivity index (χ2v) is 9.18. The number of rotatable bonds is 5. The van der Waals surface area contributed by atoms with Gasteiger partial charge in [-0.3, -0.25) is 19.9 Å². The summed E-state index contributed by atoms with van der Waals surface area (Å²) in [5.74, 6) is 0.394. The van der Waals surface area contributed by atoms with Crippen molar-refractivity contribution < 1.29 is 14.3 Å². The highest BCUT2D eigenvalue weighted by molar-refractivity contribution is 8.18. The molecule has 0 spiro atoms. The SMILES string of the molecule is Cc1cc([C@@]2(COc3ccc(C=C4SC(=O)NC4=O)cc3)CCCN2)nc2ccccc12. The number of nitrogens with zero attached hydrogens (tertiary/aromatic N) is 1. The molecule has 2 aliphatic rings. The second kappa shape index (κ2) is 8.41. The highest BCUT2D eigenvalue weighted by Crippen LogP contribution is 2.33. The lowest BCUT2D eigenvalue weighted by atomic mass is 9.91. The number of nitrogens with one attached hydrogen (secondary N) is 2. The average molecular weight is 446 g/mol. The van der Waals surface area contributed by atoms with Crippen LogP contribution in [0.4, 0.5) is 4.79 Å². The van der Waals surface area contributed by atoms with Crippen molar-refractivity contribution in [2.75, 3.05) is 13.2 Å². The molecule has 7 heteroatoms. The molecule has 0 saturated carbocycles. The normalized spacial score (nSPS) is 22.0. The summed E-state index contributed by atoms with van der Waals surface area (Å²) in [5.41, 5.74) is 3.74. The van der Waals surface area contributed by atoms with Crippen LogP contribution in [0.2, 0.25) is 0 Å². The molecular weight excluding hydrogens is 422 g/mol. The fourth-order valence-electron chi connectivity index (χ4n) is 4.26. The molecule has 2 saturated heterocycles. The van der Waals surface area contributed by atoms with Crippen molar-refractivity contribution in [1.29, 1.82) is 0 Å². The van der Waals surface area contributed by atoms with E-state index in [0.29, 0.717) is 11.5 Å². The summed E-state index contributed by atoms with van der Waals surface area (Å²) in [6.07, 6.45) is 3.74. The Morgan fingerprint density at radius 2 is 1.97 bits per heavy atom. The third-order valence-corrected chi connectivity index (χ3v) is 6.77. The number of aromatic nitrogens is 1. The smallest absolute Gasteiger partial charge is 0.290 e. The number of carbonyl (C=O) groups is 2. The Hall–Kier alpha value is -3.16. The van der Waals surface area contributed by atoms with Crippen LogP contribution in [0, 0.1) is 6.92 Å². The number of amides is 2. The van der Waals surface area contributed by atoms with Gasteiger partial charge in [0, 0.05) is 5.39 Å². The average Bonchev–Trinajstić information content (AvgIpc) is 3.40. The number of ether oxygens (including phenoxy) is 1. The van der Waals surface area contributed by atoms with Crippen molar-refractivity contribution in [3.63, 3.8) is 0 Å². The second-order valence-electron chi connectivity index (χ2n) is 8.16. The third kappa shape index (κ3) is 4.01. The number of benzene rings is 2. The lowest BCUT2D eigenvalue weighted by Crippen LogP contribution is -2.43. The molecule has 32 heavy (non-hydrogen) atoms. The summed E-state index contributed by atoms with van der Waals surface area (Å²) in [6, 6.07) is 17.9. The molecule has 0 unspecified atom stereocenters. The Labute approximate surface area is 190 Å². The zero-order valence-corrected chi connectivity index (χ0v) is 18.5. The van der Waals surface area contributed by atoms with E-state index in [4.69, 9.17) is 9.72 Å². The van der Waals surface area contributed by atoms with Gasteiger partial charge in [-0.1, -0.05) is 30.3 Å². The first kappa shape index (κ1) is 20.7. The first-order valence-corrected chi connectivity index (χ1v) is 11.4. The van der Waals surface area contributed by atoms with Gasteiger partial charge in [0.2, 0.25) is 0 Å². The highest BCUT2D eigenvalue weighted by atomic mass is 32.2. The standard InChI is InChI=1S/C25H23N3O3S/c1-16-13-22(27-20-6-3-2-5-19(16)20)25(11-4-12-26-25)15-31-18-9-7-17(8-10-18)14-21-23(29)28-24(30)32-21/h2-3,5-10,13-14,26H,4,11-12,15H2,1H3,(H,28,29,30)/t25-/m0/s1. The van der Waals surface area contributed by atoms with Crippen molar-refractivity contribution in [2.45, 2.75) is 25.3 Å². The first-order chi connectivity index (χ1) is 15.5. The molecule has 1 aromatic heterocycles. The minimum absolute atomic E-state index is 0.325. The Kier molecular flexibility index (Phi) is 5.45. The largest absolute Gasteiger partial charge is 0.491 e. The molecule has 6 nitrogen and oxygen atoms in total. The molecule has 2 aliphatic heterocycles. The van der Waals surface area contributed by atoms with Crippen LogP contribution in [-0.2, 0) is 10.3 Å². The van der Waals surface area contributed by atoms with Crippen LogP contribution in [-0.4, -0.2) is 29.3 Å². The van der Waals surface area contributed by atoms with Crippen LogP contribution in [0.5, 0.6) is 5.75 Å². The lowest BCUT2D eigenvalue weighted by Gasteiger charge is -2.29. The van der Waals surface area contributed by atoms with Gasteiger partial charge < -0.3 is 10.1 Å². The van der Waals surface area contributed by atoms with E-state index in [2.05, 4.69) is 35.8 Å². The maximum Gasteiger partial charge on any atom is 0.290 e. The molecule has 1 atom stereocenters. The summed E-state index contributed by atoms with van der Waals surface area (Å²) >= 11 is 0.914. The van der Waals surface area contributed by atoms with Crippen molar-refractivity contribution in [3.8, 4) is 5.75 Å². The molecule has 0 bridgehead atoms. The molecule has 2 fully saturated rings. The Bertz CT molecular complexity index is 1230. The molecule has 162 valence electrons. The fourth-order valence-corrected chi connectivity index (χ4v) is 4.94. The molecular formula is C25H23N3O3S. The van der Waals surface area contributed by atoms with E-state index in [0.717, 1.165) is 53.7 Å². The minimum atomic E-state index is -0.354. The number of thioether (sulfide) groups is 1. The predicted molar refractivity (Wildman–Crippen MR) is 126 cm³/mol. The van der Waals surface area contributed by atoms with E-state index in [1.54, 1.807) is 6.08 Å². The number of carbonyl (C=O) groups excluding carboxylic acids is 2. The summed E-state index contributed by atoms with van der Waals surface area (Å²) in [5, 5.41) is 6.74. The van der Waals surface area contributed by atoms with E-state index < -0.39 is 0 Å². The molecule has 3 aromatic rings. The van der Waals surface area contributed by atoms with Crippen LogP contribution >= 0.6 is 11.8 Å². The van der Waals surface area contributed by atoms with Crippen molar-refractivity contribution >= 4 is 39.9 Å². The van der Waals surface area contributed by atoms with E-state index in [1.807, 2.05) is 36.4 Å². The van der Waals surface area contributed by atoms with Crippen LogP contribution in [0.3, 0.4) is 0 Å². The number of hydrogen-bond acceptors (Lipinski definition) is 6. The van der Waals surface area contributed by atoms with Crippen LogP contribution < -0.4 is 15.4 Å². The number of fused-ring (bicyclic) bond motifs is 1. The van der Waals surface area contributed by atoms with Crippen molar-refractivity contribution in [2.24, 2.45) is 0 Å². The predicted octanol–water partition coefficient (Wildman–Crippen LogP) is 4.52. The van der Waals surface area contributed by atoms with E-state index in [-0.39, 0.29) is 16.7 Å². The fraction of sp³-hybridized carbons (Fsp3) is 0.240. The molecule has 0 aliphatic carbocycles. The Morgan fingerprint density at radius 3 is 2.69 bits per heavy atom. The van der Waals surface area contributed by atoms with Gasteiger partial charge in [-0.05, 0) is 79.5 Å². The first-order valence-electron chi connectivity index (χ1n) is 10.6. The zero-order valence-electron chi connectivity index (χ0n) is 17.7. The number of hydrogen-bond donors (Lipinski definition) is 2.